The van der Waals surface area contributed by atoms with Gasteiger partial charge in [-0.15, -0.1) is 0 Å². The Balaban J connectivity index is 1.76. The van der Waals surface area contributed by atoms with Gasteiger partial charge in [0.05, 0.1) is 12.1 Å². The molecule has 2 saturated carbocycles. The van der Waals surface area contributed by atoms with Crippen LogP contribution in [-0.4, -0.2) is 12.1 Å². The highest BCUT2D eigenvalue weighted by Gasteiger charge is 2.13. The lowest BCUT2D eigenvalue weighted by molar-refractivity contribution is 0.428. The second-order valence-corrected chi connectivity index (χ2v) is 5.88. The Labute approximate surface area is 106 Å². The molecule has 2 aliphatic carbocycles. The van der Waals surface area contributed by atoms with E-state index in [1.54, 1.807) is 0 Å². The van der Waals surface area contributed by atoms with E-state index in [1.807, 2.05) is 0 Å². The maximum atomic E-state index is 4.68. The van der Waals surface area contributed by atoms with Gasteiger partial charge < -0.3 is 0 Å². The first-order chi connectivity index (χ1) is 8.45. The van der Waals surface area contributed by atoms with Crippen LogP contribution in [0.1, 0.15) is 83.5 Å². The van der Waals surface area contributed by atoms with Crippen molar-refractivity contribution in [2.75, 3.05) is 0 Å². The highest BCUT2D eigenvalue weighted by atomic mass is 15.1. The summed E-state index contributed by atoms with van der Waals surface area (Å²) in [5.41, 5.74) is 0. The van der Waals surface area contributed by atoms with Gasteiger partial charge in [0.2, 0.25) is 0 Å². The van der Waals surface area contributed by atoms with Crippen molar-refractivity contribution in [2.45, 2.75) is 95.6 Å². The molecule has 0 N–H and O–H groups in total. The van der Waals surface area contributed by atoms with Crippen molar-refractivity contribution in [3.63, 3.8) is 0 Å². The van der Waals surface area contributed by atoms with Crippen LogP contribution >= 0.6 is 0 Å². The van der Waals surface area contributed by atoms with Gasteiger partial charge in [0.25, 0.3) is 0 Å². The minimum absolute atomic E-state index is 0.554. The molecule has 2 fully saturated rings. The van der Waals surface area contributed by atoms with Gasteiger partial charge in [0, 0.05) is 0 Å². The van der Waals surface area contributed by atoms with Gasteiger partial charge in [-0.3, -0.25) is 0 Å². The standard InChI is InChI=1S/C15H28N2/c1-2-6-10-14(11-7-3-1)16-17-15-12-8-4-5-9-13-15/h14-15H,1-13H2. The Morgan fingerprint density at radius 3 is 1.06 bits per heavy atom. The van der Waals surface area contributed by atoms with Crippen molar-refractivity contribution in [1.82, 2.24) is 0 Å². The first-order valence-corrected chi connectivity index (χ1v) is 7.85. The van der Waals surface area contributed by atoms with E-state index in [2.05, 4.69) is 10.2 Å². The highest BCUT2D eigenvalue weighted by molar-refractivity contribution is 4.72. The molecule has 98 valence electrons. The second kappa shape index (κ2) is 7.84. The molecule has 0 heterocycles. The Bertz CT molecular complexity index is 209. The van der Waals surface area contributed by atoms with Crippen LogP contribution in [0.3, 0.4) is 0 Å². The third-order valence-corrected chi connectivity index (χ3v) is 4.29. The van der Waals surface area contributed by atoms with Crippen molar-refractivity contribution in [1.29, 1.82) is 0 Å². The normalized spacial score (nSPS) is 26.6. The van der Waals surface area contributed by atoms with E-state index in [0.29, 0.717) is 12.1 Å². The highest BCUT2D eigenvalue weighted by Crippen LogP contribution is 2.23. The molecule has 0 radical (unpaired) electrons. The lowest BCUT2D eigenvalue weighted by atomic mass is 9.97. The SMILES string of the molecule is C1CCCC(N=NC2CCCCCC2)CCC1. The average molecular weight is 236 g/mol. The summed E-state index contributed by atoms with van der Waals surface area (Å²) in [4.78, 5) is 0. The van der Waals surface area contributed by atoms with Gasteiger partial charge in [-0.2, -0.15) is 10.2 Å². The minimum Gasteiger partial charge on any atom is -0.191 e. The fourth-order valence-electron chi connectivity index (χ4n) is 3.11. The summed E-state index contributed by atoms with van der Waals surface area (Å²) in [6, 6.07) is 1.11. The molecule has 2 nitrogen and oxygen atoms in total. The van der Waals surface area contributed by atoms with Crippen LogP contribution in [0, 0.1) is 0 Å². The van der Waals surface area contributed by atoms with E-state index in [-0.39, 0.29) is 0 Å². The fourth-order valence-corrected chi connectivity index (χ4v) is 3.11. The quantitative estimate of drug-likeness (QED) is 0.460. The zero-order valence-electron chi connectivity index (χ0n) is 11.2. The van der Waals surface area contributed by atoms with Crippen molar-refractivity contribution < 1.29 is 0 Å². The Morgan fingerprint density at radius 1 is 0.412 bits per heavy atom. The predicted molar refractivity (Wildman–Crippen MR) is 72.5 cm³/mol. The van der Waals surface area contributed by atoms with Gasteiger partial charge in [0.1, 0.15) is 0 Å². The van der Waals surface area contributed by atoms with Crippen LogP contribution < -0.4 is 0 Å². The molecular formula is C15H28N2. The zero-order chi connectivity index (χ0) is 11.8. The van der Waals surface area contributed by atoms with Crippen LogP contribution in [0.15, 0.2) is 10.2 Å². The maximum absolute atomic E-state index is 4.68. The van der Waals surface area contributed by atoms with Crippen molar-refractivity contribution in [3.8, 4) is 0 Å². The molecule has 0 amide bonds. The molecule has 0 aliphatic heterocycles. The van der Waals surface area contributed by atoms with E-state index in [0.717, 1.165) is 0 Å². The summed E-state index contributed by atoms with van der Waals surface area (Å²) < 4.78 is 0. The molecule has 2 heteroatoms. The predicted octanol–water partition coefficient (Wildman–Crippen LogP) is 5.27. The molecule has 2 rings (SSSR count). The molecule has 0 atom stereocenters. The molecule has 0 saturated heterocycles. The summed E-state index contributed by atoms with van der Waals surface area (Å²) in [5.74, 6) is 0. The second-order valence-electron chi connectivity index (χ2n) is 5.88. The smallest absolute Gasteiger partial charge is 0.0708 e. The molecule has 0 unspecified atom stereocenters. The number of nitrogens with zero attached hydrogens (tertiary/aromatic N) is 2. The van der Waals surface area contributed by atoms with Gasteiger partial charge in [-0.25, -0.2) is 0 Å². The Hall–Kier alpha value is -0.400. The summed E-state index contributed by atoms with van der Waals surface area (Å²) in [6.45, 7) is 0. The average Bonchev–Trinajstić information content (AvgIpc) is 2.56. The number of rotatable bonds is 2. The molecule has 0 bridgehead atoms. The number of azo groups is 1. The summed E-state index contributed by atoms with van der Waals surface area (Å²) in [6.07, 6.45) is 17.7. The summed E-state index contributed by atoms with van der Waals surface area (Å²) >= 11 is 0. The molecule has 2 aliphatic rings. The van der Waals surface area contributed by atoms with Gasteiger partial charge in [-0.05, 0) is 25.7 Å². The van der Waals surface area contributed by atoms with Crippen molar-refractivity contribution in [2.24, 2.45) is 10.2 Å². The first-order valence-electron chi connectivity index (χ1n) is 7.85. The third kappa shape index (κ3) is 5.18. The van der Waals surface area contributed by atoms with Crippen LogP contribution in [0.4, 0.5) is 0 Å². The largest absolute Gasteiger partial charge is 0.191 e. The molecule has 0 aromatic carbocycles. The Kier molecular flexibility index (Phi) is 6.01. The van der Waals surface area contributed by atoms with E-state index >= 15 is 0 Å². The van der Waals surface area contributed by atoms with Gasteiger partial charge in [0.15, 0.2) is 0 Å². The monoisotopic (exact) mass is 236 g/mol. The van der Waals surface area contributed by atoms with E-state index in [1.165, 1.54) is 83.5 Å². The van der Waals surface area contributed by atoms with E-state index in [9.17, 15) is 0 Å². The van der Waals surface area contributed by atoms with Gasteiger partial charge in [-0.1, -0.05) is 57.8 Å². The van der Waals surface area contributed by atoms with Crippen LogP contribution in [0.25, 0.3) is 0 Å². The maximum Gasteiger partial charge on any atom is 0.0708 e. The summed E-state index contributed by atoms with van der Waals surface area (Å²) in [5, 5.41) is 9.34. The van der Waals surface area contributed by atoms with E-state index in [4.69, 9.17) is 0 Å². The zero-order valence-corrected chi connectivity index (χ0v) is 11.2. The van der Waals surface area contributed by atoms with Crippen LogP contribution in [0.2, 0.25) is 0 Å². The lowest BCUT2D eigenvalue weighted by Crippen LogP contribution is -2.08. The molecular weight excluding hydrogens is 208 g/mol. The Morgan fingerprint density at radius 2 is 0.706 bits per heavy atom. The van der Waals surface area contributed by atoms with Crippen LogP contribution in [0.5, 0.6) is 0 Å². The number of hydrogen-bond acceptors (Lipinski definition) is 2. The molecule has 17 heavy (non-hydrogen) atoms. The first kappa shape index (κ1) is 13.0. The fraction of sp³-hybridized carbons (Fsp3) is 1.00. The third-order valence-electron chi connectivity index (χ3n) is 4.29. The van der Waals surface area contributed by atoms with E-state index < -0.39 is 0 Å². The minimum atomic E-state index is 0.554. The molecule has 0 spiro atoms. The lowest BCUT2D eigenvalue weighted by Gasteiger charge is -2.15. The van der Waals surface area contributed by atoms with Crippen LogP contribution in [-0.2, 0) is 0 Å². The van der Waals surface area contributed by atoms with Crippen molar-refractivity contribution in [3.05, 3.63) is 0 Å². The van der Waals surface area contributed by atoms with Crippen molar-refractivity contribution >= 4 is 0 Å². The number of hydrogen-bond donors (Lipinski definition) is 0. The molecule has 0 aromatic heterocycles. The molecule has 0 aromatic rings. The summed E-state index contributed by atoms with van der Waals surface area (Å²) in [7, 11) is 0. The van der Waals surface area contributed by atoms with Gasteiger partial charge >= 0.3 is 0 Å². The topological polar surface area (TPSA) is 24.7 Å².